The molecule has 2 aliphatic heterocycles. The van der Waals surface area contributed by atoms with Gasteiger partial charge in [0.2, 0.25) is 5.91 Å². The summed E-state index contributed by atoms with van der Waals surface area (Å²) < 4.78 is 25.1. The van der Waals surface area contributed by atoms with Crippen molar-refractivity contribution in [3.63, 3.8) is 0 Å². The standard InChI is InChI=1S/C15H23FN2O4/c1-17(2)12(19)8-21-7-11-3-6-22-15(11)9-18(10-15)13(20)14(16)4-5-14/h11H,3-10H2,1-2H3. The Bertz CT molecular complexity index is 472. The molecule has 124 valence electrons. The molecule has 2 saturated heterocycles. The van der Waals surface area contributed by atoms with E-state index < -0.39 is 17.2 Å². The quantitative estimate of drug-likeness (QED) is 0.728. The molecule has 0 N–H and O–H groups in total. The van der Waals surface area contributed by atoms with Gasteiger partial charge in [0.25, 0.3) is 5.91 Å². The second-order valence-corrected chi connectivity index (χ2v) is 6.83. The van der Waals surface area contributed by atoms with Crippen molar-refractivity contribution in [2.75, 3.05) is 47.0 Å². The Morgan fingerprint density at radius 3 is 2.64 bits per heavy atom. The largest absolute Gasteiger partial charge is 0.371 e. The lowest BCUT2D eigenvalue weighted by Gasteiger charge is -2.50. The first-order chi connectivity index (χ1) is 10.4. The third kappa shape index (κ3) is 2.72. The van der Waals surface area contributed by atoms with E-state index in [1.165, 1.54) is 4.90 Å². The molecule has 1 unspecified atom stereocenters. The fourth-order valence-electron chi connectivity index (χ4n) is 3.14. The Labute approximate surface area is 129 Å². The highest BCUT2D eigenvalue weighted by Crippen LogP contribution is 2.46. The Hall–Kier alpha value is -1.21. The fourth-order valence-corrected chi connectivity index (χ4v) is 3.14. The monoisotopic (exact) mass is 314 g/mol. The molecular weight excluding hydrogens is 291 g/mol. The molecule has 3 aliphatic rings. The number of carbonyl (C=O) groups is 2. The number of hydrogen-bond acceptors (Lipinski definition) is 4. The Morgan fingerprint density at radius 2 is 2.05 bits per heavy atom. The molecule has 22 heavy (non-hydrogen) atoms. The molecule has 1 spiro atoms. The maximum atomic E-state index is 13.8. The summed E-state index contributed by atoms with van der Waals surface area (Å²) in [5, 5.41) is 0. The van der Waals surface area contributed by atoms with Crippen molar-refractivity contribution < 1.29 is 23.5 Å². The normalized spacial score (nSPS) is 27.6. The summed E-state index contributed by atoms with van der Waals surface area (Å²) in [4.78, 5) is 26.5. The van der Waals surface area contributed by atoms with E-state index >= 15 is 0 Å². The summed E-state index contributed by atoms with van der Waals surface area (Å²) >= 11 is 0. The van der Waals surface area contributed by atoms with Gasteiger partial charge < -0.3 is 19.3 Å². The molecule has 3 fully saturated rings. The van der Waals surface area contributed by atoms with Gasteiger partial charge in [0.15, 0.2) is 5.67 Å². The first kappa shape index (κ1) is 15.7. The molecule has 2 amide bonds. The number of alkyl halides is 1. The average molecular weight is 314 g/mol. The summed E-state index contributed by atoms with van der Waals surface area (Å²) in [6, 6.07) is 0. The molecule has 1 saturated carbocycles. The van der Waals surface area contributed by atoms with Crippen LogP contribution in [0.15, 0.2) is 0 Å². The first-order valence-electron chi connectivity index (χ1n) is 7.76. The number of ether oxygens (including phenoxy) is 2. The van der Waals surface area contributed by atoms with Gasteiger partial charge in [-0.25, -0.2) is 4.39 Å². The smallest absolute Gasteiger partial charge is 0.260 e. The zero-order chi connectivity index (χ0) is 16.0. The summed E-state index contributed by atoms with van der Waals surface area (Å²) in [5.74, 6) is -0.316. The van der Waals surface area contributed by atoms with E-state index in [1.54, 1.807) is 19.0 Å². The van der Waals surface area contributed by atoms with E-state index in [2.05, 4.69) is 0 Å². The predicted molar refractivity (Wildman–Crippen MR) is 76.0 cm³/mol. The number of hydrogen-bond donors (Lipinski definition) is 0. The lowest BCUT2D eigenvalue weighted by molar-refractivity contribution is -0.174. The third-order valence-electron chi connectivity index (χ3n) is 4.92. The van der Waals surface area contributed by atoms with Crippen LogP contribution in [0.5, 0.6) is 0 Å². The highest BCUT2D eigenvalue weighted by atomic mass is 19.1. The number of nitrogens with zero attached hydrogens (tertiary/aromatic N) is 2. The number of likely N-dealkylation sites (N-methyl/N-ethyl adjacent to an activating group) is 1. The van der Waals surface area contributed by atoms with Crippen LogP contribution in [-0.2, 0) is 19.1 Å². The lowest BCUT2D eigenvalue weighted by Crippen LogP contribution is -2.68. The van der Waals surface area contributed by atoms with Crippen LogP contribution in [-0.4, -0.2) is 79.9 Å². The average Bonchev–Trinajstić information content (AvgIpc) is 3.04. The lowest BCUT2D eigenvalue weighted by atomic mass is 9.81. The number of halogens is 1. The van der Waals surface area contributed by atoms with Crippen LogP contribution in [0.2, 0.25) is 0 Å². The van der Waals surface area contributed by atoms with Gasteiger partial charge in [0.1, 0.15) is 12.2 Å². The summed E-state index contributed by atoms with van der Waals surface area (Å²) in [5.41, 5.74) is -2.01. The van der Waals surface area contributed by atoms with Crippen molar-refractivity contribution in [3.05, 3.63) is 0 Å². The maximum absolute atomic E-state index is 13.8. The minimum Gasteiger partial charge on any atom is -0.371 e. The number of rotatable bonds is 5. The van der Waals surface area contributed by atoms with Gasteiger partial charge in [-0.2, -0.15) is 0 Å². The molecule has 6 nitrogen and oxygen atoms in total. The second kappa shape index (κ2) is 5.45. The zero-order valence-corrected chi connectivity index (χ0v) is 13.1. The minimum atomic E-state index is -1.61. The van der Waals surface area contributed by atoms with Crippen molar-refractivity contribution in [1.29, 1.82) is 0 Å². The van der Waals surface area contributed by atoms with Crippen molar-refractivity contribution in [1.82, 2.24) is 9.80 Å². The molecule has 1 aliphatic carbocycles. The highest BCUT2D eigenvalue weighted by molar-refractivity contribution is 5.88. The van der Waals surface area contributed by atoms with Crippen molar-refractivity contribution >= 4 is 11.8 Å². The van der Waals surface area contributed by atoms with Gasteiger partial charge in [-0.3, -0.25) is 9.59 Å². The highest BCUT2D eigenvalue weighted by Gasteiger charge is 2.60. The molecular formula is C15H23FN2O4. The molecule has 3 rings (SSSR count). The summed E-state index contributed by atoms with van der Waals surface area (Å²) in [6.45, 7) is 1.98. The van der Waals surface area contributed by atoms with Gasteiger partial charge in [-0.05, 0) is 19.3 Å². The van der Waals surface area contributed by atoms with E-state index in [9.17, 15) is 14.0 Å². The van der Waals surface area contributed by atoms with Gasteiger partial charge in [-0.1, -0.05) is 0 Å². The second-order valence-electron chi connectivity index (χ2n) is 6.83. The molecule has 0 aromatic rings. The van der Waals surface area contributed by atoms with E-state index in [1.807, 2.05) is 0 Å². The van der Waals surface area contributed by atoms with Gasteiger partial charge in [-0.15, -0.1) is 0 Å². The first-order valence-corrected chi connectivity index (χ1v) is 7.76. The van der Waals surface area contributed by atoms with Crippen LogP contribution in [0, 0.1) is 5.92 Å². The Morgan fingerprint density at radius 1 is 1.36 bits per heavy atom. The molecule has 1 atom stereocenters. The number of likely N-dealkylation sites (tertiary alicyclic amines) is 1. The zero-order valence-electron chi connectivity index (χ0n) is 13.1. The maximum Gasteiger partial charge on any atom is 0.260 e. The molecule has 0 aromatic heterocycles. The number of carbonyl (C=O) groups excluding carboxylic acids is 2. The van der Waals surface area contributed by atoms with E-state index in [-0.39, 0.29) is 18.4 Å². The van der Waals surface area contributed by atoms with Crippen LogP contribution in [0.4, 0.5) is 4.39 Å². The molecule has 0 bridgehead atoms. The predicted octanol–water partition coefficient (Wildman–Crippen LogP) is 0.211. The SMILES string of the molecule is CN(C)C(=O)COCC1CCOC12CN(C(=O)C1(F)CC1)C2. The van der Waals surface area contributed by atoms with Crippen LogP contribution in [0.1, 0.15) is 19.3 Å². The molecule has 7 heteroatoms. The molecule has 0 aromatic carbocycles. The van der Waals surface area contributed by atoms with Crippen molar-refractivity contribution in [3.8, 4) is 0 Å². The van der Waals surface area contributed by atoms with Crippen molar-refractivity contribution in [2.45, 2.75) is 30.5 Å². The van der Waals surface area contributed by atoms with Gasteiger partial charge >= 0.3 is 0 Å². The van der Waals surface area contributed by atoms with Crippen LogP contribution < -0.4 is 0 Å². The third-order valence-corrected chi connectivity index (χ3v) is 4.92. The van der Waals surface area contributed by atoms with Gasteiger partial charge in [0, 0.05) is 26.6 Å². The Kier molecular flexibility index (Phi) is 3.89. The molecule has 2 heterocycles. The Balaban J connectivity index is 1.48. The topological polar surface area (TPSA) is 59.1 Å². The van der Waals surface area contributed by atoms with Gasteiger partial charge in [0.05, 0.1) is 19.7 Å². The number of amides is 2. The van der Waals surface area contributed by atoms with Crippen LogP contribution in [0.3, 0.4) is 0 Å². The van der Waals surface area contributed by atoms with Crippen LogP contribution in [0.25, 0.3) is 0 Å². The van der Waals surface area contributed by atoms with Crippen LogP contribution >= 0.6 is 0 Å². The van der Waals surface area contributed by atoms with Crippen molar-refractivity contribution in [2.24, 2.45) is 5.92 Å². The molecule has 0 radical (unpaired) electrons. The van der Waals surface area contributed by atoms with E-state index in [4.69, 9.17) is 9.47 Å². The van der Waals surface area contributed by atoms with E-state index in [0.717, 1.165) is 6.42 Å². The fraction of sp³-hybridized carbons (Fsp3) is 0.867. The van der Waals surface area contributed by atoms with E-state index in [0.29, 0.717) is 39.1 Å². The summed E-state index contributed by atoms with van der Waals surface area (Å²) in [7, 11) is 3.37. The summed E-state index contributed by atoms with van der Waals surface area (Å²) in [6.07, 6.45) is 1.53. The minimum absolute atomic E-state index is 0.0514.